The molecule has 1 aromatic rings. The number of nitrogens with one attached hydrogen (secondary N) is 1. The van der Waals surface area contributed by atoms with Gasteiger partial charge in [0.05, 0.1) is 0 Å². The number of alkyl carbamates (subject to hydrolysis) is 1. The smallest absolute Gasteiger partial charge is 0.408 e. The summed E-state index contributed by atoms with van der Waals surface area (Å²) in [6, 6.07) is 2.53. The number of aromatic nitrogens is 1. The zero-order valence-electron chi connectivity index (χ0n) is 12.1. The van der Waals surface area contributed by atoms with E-state index in [1.54, 1.807) is 33.0 Å². The number of aliphatic carboxylic acids is 1. The number of aryl methyl sites for hydroxylation is 1. The van der Waals surface area contributed by atoms with Crippen LogP contribution in [0.5, 0.6) is 0 Å². The average molecular weight is 280 g/mol. The van der Waals surface area contributed by atoms with Gasteiger partial charge in [-0.25, -0.2) is 9.59 Å². The topological polar surface area (TPSA) is 88.5 Å². The Kier molecular flexibility index (Phi) is 5.07. The first-order valence-electron chi connectivity index (χ1n) is 6.31. The minimum Gasteiger partial charge on any atom is -0.480 e. The van der Waals surface area contributed by atoms with Gasteiger partial charge in [-0.3, -0.25) is 4.98 Å². The number of amides is 1. The van der Waals surface area contributed by atoms with E-state index in [1.807, 2.05) is 13.0 Å². The van der Waals surface area contributed by atoms with Gasteiger partial charge in [-0.2, -0.15) is 0 Å². The number of carbonyl (C=O) groups excluding carboxylic acids is 1. The number of rotatable bonds is 4. The van der Waals surface area contributed by atoms with Gasteiger partial charge in [0, 0.05) is 18.3 Å². The minimum absolute atomic E-state index is 0.107. The number of carboxylic acid groups (broad SMARTS) is 1. The molecule has 1 aromatic heterocycles. The highest BCUT2D eigenvalue weighted by Gasteiger charge is 2.24. The first kappa shape index (κ1) is 15.9. The van der Waals surface area contributed by atoms with Crippen LogP contribution in [0.25, 0.3) is 0 Å². The first-order chi connectivity index (χ1) is 9.17. The molecule has 20 heavy (non-hydrogen) atoms. The number of nitrogens with zero attached hydrogens (tertiary/aromatic N) is 1. The second-order valence-corrected chi connectivity index (χ2v) is 5.57. The Morgan fingerprint density at radius 3 is 2.60 bits per heavy atom. The molecule has 1 amide bonds. The Bertz CT molecular complexity index is 494. The van der Waals surface area contributed by atoms with E-state index in [0.29, 0.717) is 5.69 Å². The van der Waals surface area contributed by atoms with Gasteiger partial charge in [0.15, 0.2) is 0 Å². The van der Waals surface area contributed by atoms with Crippen LogP contribution in [0.4, 0.5) is 4.79 Å². The van der Waals surface area contributed by atoms with E-state index in [0.717, 1.165) is 5.56 Å². The Hall–Kier alpha value is -2.11. The monoisotopic (exact) mass is 280 g/mol. The van der Waals surface area contributed by atoms with E-state index in [9.17, 15) is 9.59 Å². The van der Waals surface area contributed by atoms with Gasteiger partial charge in [-0.15, -0.1) is 0 Å². The predicted octanol–water partition coefficient (Wildman–Crippen LogP) is 1.91. The van der Waals surface area contributed by atoms with Crippen molar-refractivity contribution in [2.24, 2.45) is 0 Å². The number of carboxylic acids is 1. The van der Waals surface area contributed by atoms with Crippen LogP contribution in [0.3, 0.4) is 0 Å². The number of hydrogen-bond donors (Lipinski definition) is 2. The van der Waals surface area contributed by atoms with E-state index in [1.165, 1.54) is 0 Å². The highest BCUT2D eigenvalue weighted by molar-refractivity contribution is 5.80. The summed E-state index contributed by atoms with van der Waals surface area (Å²) < 4.78 is 5.05. The van der Waals surface area contributed by atoms with Gasteiger partial charge in [0.2, 0.25) is 0 Å². The van der Waals surface area contributed by atoms with E-state index in [2.05, 4.69) is 10.3 Å². The molecule has 2 N–H and O–H groups in total. The first-order valence-corrected chi connectivity index (χ1v) is 6.31. The van der Waals surface area contributed by atoms with Crippen molar-refractivity contribution in [1.82, 2.24) is 10.3 Å². The van der Waals surface area contributed by atoms with Crippen molar-refractivity contribution in [3.05, 3.63) is 29.6 Å². The number of ether oxygens (including phenoxy) is 1. The summed E-state index contributed by atoms with van der Waals surface area (Å²) in [7, 11) is 0. The SMILES string of the molecule is Cc1ccnc(C[C@@H](NC(=O)OC(C)(C)C)C(=O)O)c1. The maximum absolute atomic E-state index is 11.6. The van der Waals surface area contributed by atoms with E-state index >= 15 is 0 Å². The van der Waals surface area contributed by atoms with Gasteiger partial charge in [0.1, 0.15) is 11.6 Å². The lowest BCUT2D eigenvalue weighted by Gasteiger charge is -2.21. The Balaban J connectivity index is 2.71. The third-order valence-electron chi connectivity index (χ3n) is 2.37. The van der Waals surface area contributed by atoms with Crippen molar-refractivity contribution >= 4 is 12.1 Å². The number of pyridine rings is 1. The van der Waals surface area contributed by atoms with Crippen LogP contribution >= 0.6 is 0 Å². The molecule has 110 valence electrons. The maximum Gasteiger partial charge on any atom is 0.408 e. The summed E-state index contributed by atoms with van der Waals surface area (Å²) in [5.41, 5.74) is 0.916. The molecule has 0 radical (unpaired) electrons. The van der Waals surface area contributed by atoms with Crippen molar-refractivity contribution in [3.8, 4) is 0 Å². The van der Waals surface area contributed by atoms with Crippen LogP contribution < -0.4 is 5.32 Å². The summed E-state index contributed by atoms with van der Waals surface area (Å²) in [6.07, 6.45) is 0.963. The van der Waals surface area contributed by atoms with Crippen LogP contribution in [0.1, 0.15) is 32.0 Å². The largest absolute Gasteiger partial charge is 0.480 e. The normalized spacial score (nSPS) is 12.6. The van der Waals surface area contributed by atoms with Gasteiger partial charge >= 0.3 is 12.1 Å². The van der Waals surface area contributed by atoms with E-state index in [-0.39, 0.29) is 6.42 Å². The Morgan fingerprint density at radius 2 is 2.10 bits per heavy atom. The van der Waals surface area contributed by atoms with Gasteiger partial charge < -0.3 is 15.2 Å². The minimum atomic E-state index is -1.13. The van der Waals surface area contributed by atoms with Gasteiger partial charge in [-0.1, -0.05) is 0 Å². The zero-order chi connectivity index (χ0) is 15.3. The maximum atomic E-state index is 11.6. The molecule has 0 aliphatic heterocycles. The standard InChI is InChI=1S/C14H20N2O4/c1-9-5-6-15-10(7-9)8-11(12(17)18)16-13(19)20-14(2,3)4/h5-7,11H,8H2,1-4H3,(H,16,19)(H,17,18)/t11-/m1/s1. The molecule has 0 fully saturated rings. The fraction of sp³-hybridized carbons (Fsp3) is 0.500. The molecule has 0 bridgehead atoms. The quantitative estimate of drug-likeness (QED) is 0.879. The van der Waals surface area contributed by atoms with Crippen LogP contribution in [0.2, 0.25) is 0 Å². The van der Waals surface area contributed by atoms with Crippen LogP contribution in [0, 0.1) is 6.92 Å². The predicted molar refractivity (Wildman–Crippen MR) is 73.5 cm³/mol. The zero-order valence-corrected chi connectivity index (χ0v) is 12.1. The van der Waals surface area contributed by atoms with Crippen molar-refractivity contribution in [2.75, 3.05) is 0 Å². The van der Waals surface area contributed by atoms with Crippen molar-refractivity contribution in [2.45, 2.75) is 45.8 Å². The Morgan fingerprint density at radius 1 is 1.45 bits per heavy atom. The second kappa shape index (κ2) is 6.36. The van der Waals surface area contributed by atoms with Crippen molar-refractivity contribution < 1.29 is 19.4 Å². The highest BCUT2D eigenvalue weighted by Crippen LogP contribution is 2.08. The summed E-state index contributed by atoms with van der Waals surface area (Å²) in [6.45, 7) is 7.03. The molecule has 6 nitrogen and oxygen atoms in total. The summed E-state index contributed by atoms with van der Waals surface area (Å²) in [4.78, 5) is 26.9. The average Bonchev–Trinajstić information content (AvgIpc) is 2.25. The molecule has 1 rings (SSSR count). The third-order valence-corrected chi connectivity index (χ3v) is 2.37. The molecule has 0 aliphatic rings. The van der Waals surface area contributed by atoms with Gasteiger partial charge in [0.25, 0.3) is 0 Å². The second-order valence-electron chi connectivity index (χ2n) is 5.57. The van der Waals surface area contributed by atoms with E-state index < -0.39 is 23.7 Å². The van der Waals surface area contributed by atoms with Crippen LogP contribution in [-0.2, 0) is 16.0 Å². The lowest BCUT2D eigenvalue weighted by Crippen LogP contribution is -2.44. The molecule has 0 aromatic carbocycles. The van der Waals surface area contributed by atoms with Crippen LogP contribution in [-0.4, -0.2) is 33.8 Å². The Labute approximate surface area is 118 Å². The fourth-order valence-electron chi connectivity index (χ4n) is 1.57. The molecule has 1 heterocycles. The fourth-order valence-corrected chi connectivity index (χ4v) is 1.57. The molecular formula is C14H20N2O4. The summed E-state index contributed by atoms with van der Waals surface area (Å²) in [5, 5.41) is 11.5. The van der Waals surface area contributed by atoms with Gasteiger partial charge in [-0.05, 0) is 45.4 Å². The number of hydrogen-bond acceptors (Lipinski definition) is 4. The lowest BCUT2D eigenvalue weighted by molar-refractivity contribution is -0.139. The third kappa shape index (κ3) is 5.69. The van der Waals surface area contributed by atoms with Crippen molar-refractivity contribution in [3.63, 3.8) is 0 Å². The summed E-state index contributed by atoms with van der Waals surface area (Å²) in [5.74, 6) is -1.13. The highest BCUT2D eigenvalue weighted by atomic mass is 16.6. The molecule has 0 aliphatic carbocycles. The molecule has 0 spiro atoms. The van der Waals surface area contributed by atoms with Crippen molar-refractivity contribution in [1.29, 1.82) is 0 Å². The van der Waals surface area contributed by atoms with E-state index in [4.69, 9.17) is 9.84 Å². The molecule has 1 atom stereocenters. The lowest BCUT2D eigenvalue weighted by atomic mass is 10.1. The van der Waals surface area contributed by atoms with Crippen LogP contribution in [0.15, 0.2) is 18.3 Å². The molecule has 0 saturated carbocycles. The molecule has 0 unspecified atom stereocenters. The summed E-state index contributed by atoms with van der Waals surface area (Å²) >= 11 is 0. The molecule has 0 saturated heterocycles. The number of carbonyl (C=O) groups is 2. The molecule has 6 heteroatoms. The molecular weight excluding hydrogens is 260 g/mol.